The maximum absolute atomic E-state index is 12.3. The SMILES string of the molecule is [CH2]C(CF)c1ccc(OCC)c(Br)c1. The largest absolute Gasteiger partial charge is 0.493 e. The van der Waals surface area contributed by atoms with Crippen LogP contribution in [-0.2, 0) is 0 Å². The molecule has 0 fully saturated rings. The Morgan fingerprint density at radius 1 is 1.57 bits per heavy atom. The van der Waals surface area contributed by atoms with Gasteiger partial charge in [0.25, 0.3) is 0 Å². The third kappa shape index (κ3) is 2.71. The van der Waals surface area contributed by atoms with Crippen LogP contribution in [0.4, 0.5) is 4.39 Å². The Kier molecular flexibility index (Phi) is 4.39. The van der Waals surface area contributed by atoms with Gasteiger partial charge in [-0.15, -0.1) is 0 Å². The highest BCUT2D eigenvalue weighted by Gasteiger charge is 2.08. The van der Waals surface area contributed by atoms with E-state index >= 15 is 0 Å². The van der Waals surface area contributed by atoms with E-state index in [0.29, 0.717) is 6.61 Å². The van der Waals surface area contributed by atoms with Crippen molar-refractivity contribution >= 4 is 15.9 Å². The molecule has 0 bridgehead atoms. The molecule has 1 unspecified atom stereocenters. The summed E-state index contributed by atoms with van der Waals surface area (Å²) in [5.41, 5.74) is 0.878. The van der Waals surface area contributed by atoms with Crippen LogP contribution in [0.2, 0.25) is 0 Å². The van der Waals surface area contributed by atoms with E-state index in [1.807, 2.05) is 25.1 Å². The molecule has 1 aromatic carbocycles. The van der Waals surface area contributed by atoms with Crippen LogP contribution in [0.15, 0.2) is 22.7 Å². The summed E-state index contributed by atoms with van der Waals surface area (Å²) in [6.45, 7) is 5.81. The average Bonchev–Trinajstić information content (AvgIpc) is 2.20. The lowest BCUT2D eigenvalue weighted by atomic mass is 10.0. The summed E-state index contributed by atoms with van der Waals surface area (Å²) in [6.07, 6.45) is 0. The van der Waals surface area contributed by atoms with Crippen molar-refractivity contribution < 1.29 is 9.13 Å². The van der Waals surface area contributed by atoms with E-state index in [9.17, 15) is 4.39 Å². The number of rotatable bonds is 4. The van der Waals surface area contributed by atoms with Crippen LogP contribution in [0, 0.1) is 6.92 Å². The van der Waals surface area contributed by atoms with Gasteiger partial charge in [0.1, 0.15) is 5.75 Å². The highest BCUT2D eigenvalue weighted by molar-refractivity contribution is 9.10. The van der Waals surface area contributed by atoms with Crippen molar-refractivity contribution in [2.24, 2.45) is 0 Å². The maximum atomic E-state index is 12.3. The molecular weight excluding hydrogens is 247 g/mol. The second kappa shape index (κ2) is 5.35. The molecule has 0 saturated heterocycles. The second-order valence-electron chi connectivity index (χ2n) is 2.97. The minimum Gasteiger partial charge on any atom is -0.493 e. The van der Waals surface area contributed by atoms with Crippen molar-refractivity contribution in [2.45, 2.75) is 12.8 Å². The van der Waals surface area contributed by atoms with Gasteiger partial charge in [0, 0.05) is 5.92 Å². The Morgan fingerprint density at radius 3 is 2.79 bits per heavy atom. The third-order valence-electron chi connectivity index (χ3n) is 1.91. The number of alkyl halides is 1. The molecular formula is C11H13BrFO. The summed E-state index contributed by atoms with van der Waals surface area (Å²) in [6, 6.07) is 5.52. The lowest BCUT2D eigenvalue weighted by molar-refractivity contribution is 0.338. The fourth-order valence-corrected chi connectivity index (χ4v) is 1.64. The zero-order valence-electron chi connectivity index (χ0n) is 8.09. The molecule has 1 atom stereocenters. The molecule has 0 saturated carbocycles. The molecule has 1 radical (unpaired) electrons. The van der Waals surface area contributed by atoms with Gasteiger partial charge >= 0.3 is 0 Å². The van der Waals surface area contributed by atoms with Crippen LogP contribution in [-0.4, -0.2) is 13.3 Å². The molecule has 0 aliphatic carbocycles. The Balaban J connectivity index is 2.88. The first-order chi connectivity index (χ1) is 6.69. The lowest BCUT2D eigenvalue weighted by Gasteiger charge is -2.10. The zero-order valence-corrected chi connectivity index (χ0v) is 9.68. The Morgan fingerprint density at radius 2 is 2.29 bits per heavy atom. The minimum atomic E-state index is -0.444. The van der Waals surface area contributed by atoms with E-state index in [0.717, 1.165) is 15.8 Å². The minimum absolute atomic E-state index is 0.304. The first-order valence-corrected chi connectivity index (χ1v) is 5.29. The molecule has 0 amide bonds. The average molecular weight is 260 g/mol. The van der Waals surface area contributed by atoms with Crippen LogP contribution < -0.4 is 4.74 Å². The molecule has 3 heteroatoms. The summed E-state index contributed by atoms with van der Waals surface area (Å²) in [5.74, 6) is 0.476. The van der Waals surface area contributed by atoms with Gasteiger partial charge in [0.05, 0.1) is 17.8 Å². The molecule has 0 heterocycles. The normalized spacial score (nSPS) is 12.6. The van der Waals surface area contributed by atoms with Gasteiger partial charge in [0.15, 0.2) is 0 Å². The predicted molar refractivity (Wildman–Crippen MR) is 59.4 cm³/mol. The predicted octanol–water partition coefficient (Wildman–Crippen LogP) is 3.73. The van der Waals surface area contributed by atoms with Crippen LogP contribution in [0.1, 0.15) is 18.4 Å². The fourth-order valence-electron chi connectivity index (χ4n) is 1.13. The quantitative estimate of drug-likeness (QED) is 0.801. The van der Waals surface area contributed by atoms with Crippen molar-refractivity contribution in [1.82, 2.24) is 0 Å². The van der Waals surface area contributed by atoms with Gasteiger partial charge < -0.3 is 4.74 Å². The summed E-state index contributed by atoms with van der Waals surface area (Å²) >= 11 is 3.37. The van der Waals surface area contributed by atoms with E-state index < -0.39 is 6.67 Å². The number of halogens is 2. The molecule has 0 spiro atoms. The molecule has 0 aliphatic rings. The van der Waals surface area contributed by atoms with E-state index in [1.54, 1.807) is 0 Å². The van der Waals surface area contributed by atoms with Gasteiger partial charge in [-0.05, 0) is 47.5 Å². The van der Waals surface area contributed by atoms with Crippen molar-refractivity contribution in [3.63, 3.8) is 0 Å². The van der Waals surface area contributed by atoms with Gasteiger partial charge in [-0.25, -0.2) is 0 Å². The molecule has 0 aromatic heterocycles. The number of hydrogen-bond acceptors (Lipinski definition) is 1. The topological polar surface area (TPSA) is 9.23 Å². The van der Waals surface area contributed by atoms with Crippen molar-refractivity contribution in [3.05, 3.63) is 35.2 Å². The van der Waals surface area contributed by atoms with E-state index in [4.69, 9.17) is 4.74 Å². The molecule has 0 N–H and O–H groups in total. The number of hydrogen-bond donors (Lipinski definition) is 0. The zero-order chi connectivity index (χ0) is 10.6. The summed E-state index contributed by atoms with van der Waals surface area (Å²) in [5, 5.41) is 0. The molecule has 0 aliphatic heterocycles. The Hall–Kier alpha value is -0.570. The monoisotopic (exact) mass is 259 g/mol. The summed E-state index contributed by atoms with van der Waals surface area (Å²) in [7, 11) is 0. The van der Waals surface area contributed by atoms with Crippen molar-refractivity contribution in [1.29, 1.82) is 0 Å². The standard InChI is InChI=1S/C11H13BrFO/c1-3-14-11-5-4-9(6-10(11)12)8(2)7-13/h4-6,8H,2-3,7H2,1H3. The molecule has 1 nitrogen and oxygen atoms in total. The van der Waals surface area contributed by atoms with Crippen LogP contribution in [0.5, 0.6) is 5.75 Å². The molecule has 77 valence electrons. The number of benzene rings is 1. The summed E-state index contributed by atoms with van der Waals surface area (Å²) < 4.78 is 18.5. The maximum Gasteiger partial charge on any atom is 0.133 e. The molecule has 1 aromatic rings. The van der Waals surface area contributed by atoms with Gasteiger partial charge in [-0.2, -0.15) is 0 Å². The van der Waals surface area contributed by atoms with Gasteiger partial charge in [-0.1, -0.05) is 6.07 Å². The third-order valence-corrected chi connectivity index (χ3v) is 2.53. The first-order valence-electron chi connectivity index (χ1n) is 4.50. The molecule has 14 heavy (non-hydrogen) atoms. The van der Waals surface area contributed by atoms with E-state index in [1.165, 1.54) is 0 Å². The first kappa shape index (κ1) is 11.5. The Labute approximate surface area is 92.4 Å². The van der Waals surface area contributed by atoms with Crippen LogP contribution in [0.3, 0.4) is 0 Å². The highest BCUT2D eigenvalue weighted by Crippen LogP contribution is 2.28. The van der Waals surface area contributed by atoms with Gasteiger partial charge in [-0.3, -0.25) is 4.39 Å². The van der Waals surface area contributed by atoms with Gasteiger partial charge in [0.2, 0.25) is 0 Å². The highest BCUT2D eigenvalue weighted by atomic mass is 79.9. The van der Waals surface area contributed by atoms with E-state index in [2.05, 4.69) is 22.9 Å². The second-order valence-corrected chi connectivity index (χ2v) is 3.83. The fraction of sp³-hybridized carbons (Fsp3) is 0.364. The lowest BCUT2D eigenvalue weighted by Crippen LogP contribution is -1.97. The van der Waals surface area contributed by atoms with Crippen molar-refractivity contribution in [3.8, 4) is 5.75 Å². The number of ether oxygens (including phenoxy) is 1. The Bertz CT molecular complexity index is 301. The van der Waals surface area contributed by atoms with E-state index in [-0.39, 0.29) is 5.92 Å². The van der Waals surface area contributed by atoms with Crippen LogP contribution >= 0.6 is 15.9 Å². The summed E-state index contributed by atoms with van der Waals surface area (Å²) in [4.78, 5) is 0. The molecule has 1 rings (SSSR count). The van der Waals surface area contributed by atoms with Crippen molar-refractivity contribution in [2.75, 3.05) is 13.3 Å². The smallest absolute Gasteiger partial charge is 0.133 e. The van der Waals surface area contributed by atoms with Crippen LogP contribution in [0.25, 0.3) is 0 Å².